The second-order valence-corrected chi connectivity index (χ2v) is 6.87. The first-order chi connectivity index (χ1) is 9.32. The van der Waals surface area contributed by atoms with Crippen molar-refractivity contribution >= 4 is 21.8 Å². The van der Waals surface area contributed by atoms with Crippen molar-refractivity contribution in [2.24, 2.45) is 5.92 Å². The van der Waals surface area contributed by atoms with E-state index in [0.29, 0.717) is 12.2 Å². The molecule has 0 spiro atoms. The van der Waals surface area contributed by atoms with Gasteiger partial charge in [0.2, 0.25) is 10.0 Å². The Labute approximate surface area is 117 Å². The van der Waals surface area contributed by atoms with Crippen LogP contribution >= 0.6 is 0 Å². The molecular weight excluding hydrogens is 282 g/mol. The van der Waals surface area contributed by atoms with Crippen molar-refractivity contribution < 1.29 is 18.3 Å². The van der Waals surface area contributed by atoms with Gasteiger partial charge in [-0.25, -0.2) is 13.4 Å². The largest absolute Gasteiger partial charge is 0.481 e. The standard InChI is InChI=1S/C12H17N3O4S/c1-14(2)11-4-3-10(7-13-11)20(18,19)15-6-5-9(8-15)12(16)17/h3-4,7,9H,5-6,8H2,1-2H3,(H,16,17). The average Bonchev–Trinajstić information content (AvgIpc) is 2.89. The van der Waals surface area contributed by atoms with Gasteiger partial charge in [0.1, 0.15) is 10.7 Å². The van der Waals surface area contributed by atoms with E-state index >= 15 is 0 Å². The Kier molecular flexibility index (Phi) is 3.96. The number of carboxylic acids is 1. The number of carboxylic acid groups (broad SMARTS) is 1. The van der Waals surface area contributed by atoms with Crippen molar-refractivity contribution in [1.82, 2.24) is 9.29 Å². The molecule has 110 valence electrons. The van der Waals surface area contributed by atoms with Gasteiger partial charge in [0.05, 0.1) is 5.92 Å². The molecule has 1 aromatic rings. The molecule has 2 heterocycles. The van der Waals surface area contributed by atoms with Gasteiger partial charge in [-0.2, -0.15) is 4.31 Å². The Hall–Kier alpha value is -1.67. The molecule has 1 saturated heterocycles. The first-order valence-corrected chi connectivity index (χ1v) is 7.62. The molecule has 2 rings (SSSR count). The number of anilines is 1. The third kappa shape index (κ3) is 2.75. The number of rotatable bonds is 4. The lowest BCUT2D eigenvalue weighted by Crippen LogP contribution is -2.30. The van der Waals surface area contributed by atoms with Crippen LogP contribution in [0.3, 0.4) is 0 Å². The van der Waals surface area contributed by atoms with Crippen molar-refractivity contribution in [1.29, 1.82) is 0 Å². The molecule has 1 atom stereocenters. The highest BCUT2D eigenvalue weighted by molar-refractivity contribution is 7.89. The van der Waals surface area contributed by atoms with Crippen LogP contribution in [0, 0.1) is 5.92 Å². The minimum atomic E-state index is -3.66. The maximum absolute atomic E-state index is 12.4. The van der Waals surface area contributed by atoms with Crippen LogP contribution in [0.5, 0.6) is 0 Å². The van der Waals surface area contributed by atoms with Crippen LogP contribution in [0.1, 0.15) is 6.42 Å². The van der Waals surface area contributed by atoms with Crippen LogP contribution in [0.4, 0.5) is 5.82 Å². The van der Waals surface area contributed by atoms with Crippen LogP contribution in [0.25, 0.3) is 0 Å². The number of pyridine rings is 1. The molecule has 1 aliphatic heterocycles. The minimum Gasteiger partial charge on any atom is -0.481 e. The normalized spacial score (nSPS) is 20.0. The molecule has 1 unspecified atom stereocenters. The molecule has 7 nitrogen and oxygen atoms in total. The van der Waals surface area contributed by atoms with Gasteiger partial charge < -0.3 is 10.0 Å². The molecule has 0 bridgehead atoms. The van der Waals surface area contributed by atoms with Crippen LogP contribution in [-0.4, -0.2) is 56.0 Å². The molecule has 0 saturated carbocycles. The van der Waals surface area contributed by atoms with E-state index in [1.807, 2.05) is 14.1 Å². The number of aromatic nitrogens is 1. The Morgan fingerprint density at radius 1 is 1.45 bits per heavy atom. The van der Waals surface area contributed by atoms with E-state index in [-0.39, 0.29) is 18.0 Å². The third-order valence-electron chi connectivity index (χ3n) is 3.32. The van der Waals surface area contributed by atoms with Crippen LogP contribution in [-0.2, 0) is 14.8 Å². The fourth-order valence-electron chi connectivity index (χ4n) is 2.09. The van der Waals surface area contributed by atoms with E-state index in [1.54, 1.807) is 11.0 Å². The van der Waals surface area contributed by atoms with E-state index < -0.39 is 21.9 Å². The summed E-state index contributed by atoms with van der Waals surface area (Å²) < 4.78 is 25.9. The molecule has 0 aliphatic carbocycles. The summed E-state index contributed by atoms with van der Waals surface area (Å²) in [6, 6.07) is 3.11. The summed E-state index contributed by atoms with van der Waals surface area (Å²) in [6.07, 6.45) is 1.65. The number of aliphatic carboxylic acids is 1. The number of carbonyl (C=O) groups is 1. The molecular formula is C12H17N3O4S. The molecule has 0 radical (unpaired) electrons. The lowest BCUT2D eigenvalue weighted by atomic mass is 10.1. The molecule has 20 heavy (non-hydrogen) atoms. The third-order valence-corrected chi connectivity index (χ3v) is 5.17. The number of sulfonamides is 1. The first-order valence-electron chi connectivity index (χ1n) is 6.18. The summed E-state index contributed by atoms with van der Waals surface area (Å²) in [7, 11) is -0.0308. The second kappa shape index (κ2) is 5.37. The topological polar surface area (TPSA) is 90.8 Å². The number of hydrogen-bond donors (Lipinski definition) is 1. The van der Waals surface area contributed by atoms with E-state index in [0.717, 1.165) is 0 Å². The zero-order chi connectivity index (χ0) is 14.9. The highest BCUT2D eigenvalue weighted by atomic mass is 32.2. The molecule has 8 heteroatoms. The van der Waals surface area contributed by atoms with Gasteiger partial charge in [0.15, 0.2) is 0 Å². The fourth-order valence-corrected chi connectivity index (χ4v) is 3.53. The number of hydrogen-bond acceptors (Lipinski definition) is 5. The molecule has 1 N–H and O–H groups in total. The summed E-state index contributed by atoms with van der Waals surface area (Å²) in [6.45, 7) is 0.252. The molecule has 1 aliphatic rings. The maximum atomic E-state index is 12.4. The van der Waals surface area contributed by atoms with E-state index in [4.69, 9.17) is 5.11 Å². The van der Waals surface area contributed by atoms with Crippen molar-refractivity contribution in [3.8, 4) is 0 Å². The zero-order valence-electron chi connectivity index (χ0n) is 11.4. The van der Waals surface area contributed by atoms with Gasteiger partial charge in [-0.1, -0.05) is 0 Å². The minimum absolute atomic E-state index is 0.0209. The molecule has 0 amide bonds. The fraction of sp³-hybridized carbons (Fsp3) is 0.500. The predicted molar refractivity (Wildman–Crippen MR) is 73.1 cm³/mol. The van der Waals surface area contributed by atoms with E-state index in [2.05, 4.69) is 4.98 Å². The van der Waals surface area contributed by atoms with E-state index in [9.17, 15) is 13.2 Å². The molecule has 1 aromatic heterocycles. The Morgan fingerprint density at radius 2 is 2.15 bits per heavy atom. The van der Waals surface area contributed by atoms with Gasteiger partial charge in [-0.05, 0) is 18.6 Å². The van der Waals surface area contributed by atoms with Gasteiger partial charge in [0.25, 0.3) is 0 Å². The smallest absolute Gasteiger partial charge is 0.307 e. The van der Waals surface area contributed by atoms with Crippen molar-refractivity contribution in [3.63, 3.8) is 0 Å². The summed E-state index contributed by atoms with van der Waals surface area (Å²) in [5, 5.41) is 8.93. The first kappa shape index (κ1) is 14.7. The molecule has 1 fully saturated rings. The average molecular weight is 299 g/mol. The molecule has 0 aromatic carbocycles. The van der Waals surface area contributed by atoms with Gasteiger partial charge in [-0.3, -0.25) is 4.79 Å². The SMILES string of the molecule is CN(C)c1ccc(S(=O)(=O)N2CCC(C(=O)O)C2)cn1. The van der Waals surface area contributed by atoms with E-state index in [1.165, 1.54) is 16.6 Å². The lowest BCUT2D eigenvalue weighted by Gasteiger charge is -2.17. The van der Waals surface area contributed by atoms with Crippen molar-refractivity contribution in [2.75, 3.05) is 32.1 Å². The summed E-state index contributed by atoms with van der Waals surface area (Å²) in [4.78, 5) is 16.8. The maximum Gasteiger partial charge on any atom is 0.307 e. The van der Waals surface area contributed by atoms with Gasteiger partial charge in [0, 0.05) is 33.4 Å². The van der Waals surface area contributed by atoms with Crippen LogP contribution in [0.15, 0.2) is 23.2 Å². The quantitative estimate of drug-likeness (QED) is 0.856. The van der Waals surface area contributed by atoms with Crippen LogP contribution < -0.4 is 4.90 Å². The highest BCUT2D eigenvalue weighted by Gasteiger charge is 2.35. The highest BCUT2D eigenvalue weighted by Crippen LogP contribution is 2.24. The van der Waals surface area contributed by atoms with Crippen molar-refractivity contribution in [2.45, 2.75) is 11.3 Å². The monoisotopic (exact) mass is 299 g/mol. The van der Waals surface area contributed by atoms with Gasteiger partial charge in [-0.15, -0.1) is 0 Å². The summed E-state index contributed by atoms with van der Waals surface area (Å²) in [5.41, 5.74) is 0. The predicted octanol–water partition coefficient (Wildman–Crippen LogP) is 0.243. The van der Waals surface area contributed by atoms with Crippen LogP contribution in [0.2, 0.25) is 0 Å². The summed E-state index contributed by atoms with van der Waals surface area (Å²) in [5.74, 6) is -0.920. The Bertz CT molecular complexity index is 598. The van der Waals surface area contributed by atoms with Gasteiger partial charge >= 0.3 is 5.97 Å². The zero-order valence-corrected chi connectivity index (χ0v) is 12.2. The Morgan fingerprint density at radius 3 is 2.60 bits per heavy atom. The Balaban J connectivity index is 2.21. The lowest BCUT2D eigenvalue weighted by molar-refractivity contribution is -0.141. The van der Waals surface area contributed by atoms with Crippen molar-refractivity contribution in [3.05, 3.63) is 18.3 Å². The summed E-state index contributed by atoms with van der Waals surface area (Å²) >= 11 is 0. The second-order valence-electron chi connectivity index (χ2n) is 4.93. The number of nitrogens with zero attached hydrogens (tertiary/aromatic N) is 3.